The minimum atomic E-state index is 0.622. The van der Waals surface area contributed by atoms with E-state index in [0.29, 0.717) is 5.92 Å². The van der Waals surface area contributed by atoms with Gasteiger partial charge >= 0.3 is 0 Å². The van der Waals surface area contributed by atoms with Crippen LogP contribution in [-0.2, 0) is 6.42 Å². The van der Waals surface area contributed by atoms with Gasteiger partial charge in [-0.1, -0.05) is 64.1 Å². The zero-order chi connectivity index (χ0) is 14.1. The zero-order valence-corrected chi connectivity index (χ0v) is 12.9. The molecule has 0 saturated heterocycles. The van der Waals surface area contributed by atoms with Gasteiger partial charge in [-0.05, 0) is 48.9 Å². The Morgan fingerprint density at radius 1 is 1.00 bits per heavy atom. The predicted molar refractivity (Wildman–Crippen MR) is 85.7 cm³/mol. The summed E-state index contributed by atoms with van der Waals surface area (Å²) in [7, 11) is 0. The standard InChI is InChI=1S/C18H29N/c1-15(2)14-19-13-7-5-6-8-17-9-11-18(12-10-17)16(3)4/h5-6,9-12,15-16,19H,7-8,13-14H2,1-4H3. The summed E-state index contributed by atoms with van der Waals surface area (Å²) in [5, 5.41) is 3.45. The first-order valence-corrected chi connectivity index (χ1v) is 7.54. The van der Waals surface area contributed by atoms with Gasteiger partial charge in [0.05, 0.1) is 0 Å². The van der Waals surface area contributed by atoms with Gasteiger partial charge in [0.25, 0.3) is 0 Å². The molecule has 0 radical (unpaired) electrons. The van der Waals surface area contributed by atoms with E-state index in [9.17, 15) is 0 Å². The number of allylic oxidation sites excluding steroid dienone is 1. The van der Waals surface area contributed by atoms with Crippen LogP contribution in [0.1, 0.15) is 51.2 Å². The van der Waals surface area contributed by atoms with Crippen molar-refractivity contribution in [3.05, 3.63) is 47.5 Å². The number of benzene rings is 1. The van der Waals surface area contributed by atoms with Crippen molar-refractivity contribution < 1.29 is 0 Å². The van der Waals surface area contributed by atoms with Crippen molar-refractivity contribution in [2.24, 2.45) is 5.92 Å². The fourth-order valence-corrected chi connectivity index (χ4v) is 1.95. The summed E-state index contributed by atoms with van der Waals surface area (Å²) in [6.45, 7) is 11.1. The van der Waals surface area contributed by atoms with E-state index in [4.69, 9.17) is 0 Å². The van der Waals surface area contributed by atoms with E-state index in [1.165, 1.54) is 11.1 Å². The highest BCUT2D eigenvalue weighted by atomic mass is 14.8. The zero-order valence-electron chi connectivity index (χ0n) is 12.9. The summed E-state index contributed by atoms with van der Waals surface area (Å²) in [5.41, 5.74) is 2.82. The van der Waals surface area contributed by atoms with Crippen molar-refractivity contribution in [2.75, 3.05) is 13.1 Å². The van der Waals surface area contributed by atoms with Gasteiger partial charge in [0.2, 0.25) is 0 Å². The first kappa shape index (κ1) is 16.0. The minimum absolute atomic E-state index is 0.622. The smallest absolute Gasteiger partial charge is 0.00142 e. The normalized spacial score (nSPS) is 11.9. The molecule has 1 aromatic carbocycles. The monoisotopic (exact) mass is 259 g/mol. The second-order valence-corrected chi connectivity index (χ2v) is 5.96. The van der Waals surface area contributed by atoms with Crippen molar-refractivity contribution in [1.29, 1.82) is 0 Å². The second-order valence-electron chi connectivity index (χ2n) is 5.96. The number of hydrogen-bond donors (Lipinski definition) is 1. The first-order chi connectivity index (χ1) is 9.09. The van der Waals surface area contributed by atoms with Crippen molar-refractivity contribution in [1.82, 2.24) is 5.32 Å². The highest BCUT2D eigenvalue weighted by Crippen LogP contribution is 2.15. The molecule has 0 aliphatic rings. The molecule has 19 heavy (non-hydrogen) atoms. The first-order valence-electron chi connectivity index (χ1n) is 7.54. The minimum Gasteiger partial charge on any atom is -0.316 e. The molecule has 1 heteroatoms. The molecule has 0 amide bonds. The third kappa shape index (κ3) is 7.17. The van der Waals surface area contributed by atoms with Crippen LogP contribution in [0.15, 0.2) is 36.4 Å². The molecule has 1 nitrogen and oxygen atoms in total. The number of hydrogen-bond acceptors (Lipinski definition) is 1. The van der Waals surface area contributed by atoms with Crippen molar-refractivity contribution in [3.63, 3.8) is 0 Å². The van der Waals surface area contributed by atoms with E-state index in [0.717, 1.165) is 31.8 Å². The van der Waals surface area contributed by atoms with Gasteiger partial charge in [-0.25, -0.2) is 0 Å². The second kappa shape index (κ2) is 8.92. The van der Waals surface area contributed by atoms with E-state index in [2.05, 4.69) is 69.4 Å². The fourth-order valence-electron chi connectivity index (χ4n) is 1.95. The van der Waals surface area contributed by atoms with Gasteiger partial charge < -0.3 is 5.32 Å². The van der Waals surface area contributed by atoms with Crippen LogP contribution in [0.4, 0.5) is 0 Å². The summed E-state index contributed by atoms with van der Waals surface area (Å²) in [6, 6.07) is 8.99. The molecule has 0 aliphatic heterocycles. The molecule has 0 unspecified atom stereocenters. The maximum Gasteiger partial charge on any atom is -0.00142 e. The summed E-state index contributed by atoms with van der Waals surface area (Å²) < 4.78 is 0. The summed E-state index contributed by atoms with van der Waals surface area (Å²) in [4.78, 5) is 0. The Hall–Kier alpha value is -1.08. The van der Waals surface area contributed by atoms with Crippen LogP contribution in [0.2, 0.25) is 0 Å². The van der Waals surface area contributed by atoms with E-state index in [1.807, 2.05) is 0 Å². The van der Waals surface area contributed by atoms with Crippen LogP contribution in [0.3, 0.4) is 0 Å². The van der Waals surface area contributed by atoms with Crippen molar-refractivity contribution in [2.45, 2.75) is 46.5 Å². The van der Waals surface area contributed by atoms with Crippen LogP contribution in [-0.4, -0.2) is 13.1 Å². The Morgan fingerprint density at radius 2 is 1.68 bits per heavy atom. The molecule has 0 fully saturated rings. The molecular formula is C18H29N. The topological polar surface area (TPSA) is 12.0 Å². The molecule has 0 heterocycles. The quantitative estimate of drug-likeness (QED) is 0.533. The van der Waals surface area contributed by atoms with Crippen molar-refractivity contribution >= 4 is 0 Å². The predicted octanol–water partition coefficient (Wildman–Crippen LogP) is 4.54. The highest BCUT2D eigenvalue weighted by Gasteiger charge is 1.97. The van der Waals surface area contributed by atoms with Crippen LogP contribution in [0.5, 0.6) is 0 Å². The lowest BCUT2D eigenvalue weighted by Crippen LogP contribution is -2.20. The molecule has 0 spiro atoms. The Morgan fingerprint density at radius 3 is 2.26 bits per heavy atom. The average molecular weight is 259 g/mol. The molecule has 1 aromatic rings. The molecule has 0 aliphatic carbocycles. The Labute approximate surface area is 119 Å². The van der Waals surface area contributed by atoms with Gasteiger partial charge in [0.15, 0.2) is 0 Å². The van der Waals surface area contributed by atoms with Crippen LogP contribution in [0.25, 0.3) is 0 Å². The van der Waals surface area contributed by atoms with Gasteiger partial charge in [0, 0.05) is 0 Å². The van der Waals surface area contributed by atoms with Crippen LogP contribution < -0.4 is 5.32 Å². The average Bonchev–Trinajstić information content (AvgIpc) is 2.38. The van der Waals surface area contributed by atoms with Gasteiger partial charge in [-0.2, -0.15) is 0 Å². The third-order valence-corrected chi connectivity index (χ3v) is 3.21. The lowest BCUT2D eigenvalue weighted by Gasteiger charge is -2.06. The third-order valence-electron chi connectivity index (χ3n) is 3.21. The van der Waals surface area contributed by atoms with E-state index in [-0.39, 0.29) is 0 Å². The number of nitrogens with one attached hydrogen (secondary N) is 1. The number of rotatable bonds is 8. The molecule has 0 atom stereocenters. The molecule has 1 rings (SSSR count). The Kier molecular flexibility index (Phi) is 7.50. The van der Waals surface area contributed by atoms with Gasteiger partial charge in [-0.15, -0.1) is 0 Å². The Balaban J connectivity index is 2.21. The van der Waals surface area contributed by atoms with Crippen LogP contribution in [0, 0.1) is 5.92 Å². The molecule has 1 N–H and O–H groups in total. The molecule has 0 bridgehead atoms. The largest absolute Gasteiger partial charge is 0.316 e. The summed E-state index contributed by atoms with van der Waals surface area (Å²) in [6.07, 6.45) is 6.73. The van der Waals surface area contributed by atoms with Gasteiger partial charge in [-0.3, -0.25) is 0 Å². The maximum atomic E-state index is 3.45. The summed E-state index contributed by atoms with van der Waals surface area (Å²) >= 11 is 0. The van der Waals surface area contributed by atoms with E-state index >= 15 is 0 Å². The summed E-state index contributed by atoms with van der Waals surface area (Å²) in [5.74, 6) is 1.36. The van der Waals surface area contributed by atoms with E-state index in [1.54, 1.807) is 0 Å². The van der Waals surface area contributed by atoms with Crippen molar-refractivity contribution in [3.8, 4) is 0 Å². The maximum absolute atomic E-state index is 3.45. The fraction of sp³-hybridized carbons (Fsp3) is 0.556. The van der Waals surface area contributed by atoms with Crippen LogP contribution >= 0.6 is 0 Å². The van der Waals surface area contributed by atoms with Gasteiger partial charge in [0.1, 0.15) is 0 Å². The molecule has 106 valence electrons. The lowest BCUT2D eigenvalue weighted by atomic mass is 10.0. The molecule has 0 saturated carbocycles. The van der Waals surface area contributed by atoms with E-state index < -0.39 is 0 Å². The SMILES string of the molecule is CC(C)CNCCC=CCc1ccc(C(C)C)cc1. The lowest BCUT2D eigenvalue weighted by molar-refractivity contribution is 0.556. The highest BCUT2D eigenvalue weighted by molar-refractivity contribution is 5.25. The Bertz CT molecular complexity index is 360. The molecular weight excluding hydrogens is 230 g/mol. The molecule has 0 aromatic heterocycles.